The van der Waals surface area contributed by atoms with Crippen LogP contribution in [0.4, 0.5) is 5.69 Å². The third kappa shape index (κ3) is 5.25. The maximum Gasteiger partial charge on any atom is 0.303 e. The smallest absolute Gasteiger partial charge is 0.303 e. The van der Waals surface area contributed by atoms with Gasteiger partial charge in [0.2, 0.25) is 0 Å². The van der Waals surface area contributed by atoms with Crippen LogP contribution in [0.1, 0.15) is 52.7 Å². The number of carbonyl (C=O) groups is 3. The molecule has 3 heterocycles. The Kier molecular flexibility index (Phi) is 7.22. The van der Waals surface area contributed by atoms with E-state index in [9.17, 15) is 14.4 Å². The van der Waals surface area contributed by atoms with Gasteiger partial charge in [0.25, 0.3) is 0 Å². The topological polar surface area (TPSA) is 131 Å². The first-order valence-corrected chi connectivity index (χ1v) is 11.5. The Bertz CT molecular complexity index is 1080. The maximum atomic E-state index is 11.9. The lowest BCUT2D eigenvalue weighted by Gasteiger charge is -2.23. The molecule has 2 fully saturated rings. The molecule has 4 atom stereocenters. The molecule has 0 unspecified atom stereocenters. The zero-order valence-electron chi connectivity index (χ0n) is 19.2. The zero-order chi connectivity index (χ0) is 24.4. The normalized spacial score (nSPS) is 24.8. The molecule has 0 aromatic carbocycles. The molecule has 0 radical (unpaired) electrons. The van der Waals surface area contributed by atoms with Crippen molar-refractivity contribution < 1.29 is 33.3 Å². The highest BCUT2D eigenvalue weighted by atomic mass is 35.5. The van der Waals surface area contributed by atoms with Gasteiger partial charge in [-0.2, -0.15) is 5.10 Å². The molecule has 1 N–H and O–H groups in total. The van der Waals surface area contributed by atoms with Crippen LogP contribution in [-0.4, -0.2) is 63.6 Å². The molecule has 34 heavy (non-hydrogen) atoms. The van der Waals surface area contributed by atoms with Crippen LogP contribution in [0.5, 0.6) is 0 Å². The number of anilines is 1. The van der Waals surface area contributed by atoms with E-state index in [1.807, 2.05) is 0 Å². The largest absolute Gasteiger partial charge is 0.463 e. The van der Waals surface area contributed by atoms with Gasteiger partial charge in [-0.05, 0) is 18.9 Å². The lowest BCUT2D eigenvalue weighted by molar-refractivity contribution is -0.166. The maximum absolute atomic E-state index is 11.9. The summed E-state index contributed by atoms with van der Waals surface area (Å²) < 4.78 is 23.5. The molecule has 2 aromatic heterocycles. The first kappa shape index (κ1) is 24.2. The number of hydrogen-bond donors (Lipinski definition) is 1. The molecule has 11 nitrogen and oxygen atoms in total. The van der Waals surface area contributed by atoms with Crippen molar-refractivity contribution in [1.29, 1.82) is 0 Å². The van der Waals surface area contributed by atoms with Crippen LogP contribution in [0.25, 0.3) is 11.0 Å². The summed E-state index contributed by atoms with van der Waals surface area (Å²) in [7, 11) is 0. The Morgan fingerprint density at radius 1 is 1.12 bits per heavy atom. The molecule has 1 aliphatic heterocycles. The quantitative estimate of drug-likeness (QED) is 0.348. The van der Waals surface area contributed by atoms with Crippen molar-refractivity contribution in [2.45, 2.75) is 77.0 Å². The van der Waals surface area contributed by atoms with Crippen LogP contribution < -0.4 is 5.32 Å². The molecule has 1 saturated heterocycles. The van der Waals surface area contributed by atoms with E-state index in [-0.39, 0.29) is 11.8 Å². The lowest BCUT2D eigenvalue weighted by atomic mass is 10.1. The van der Waals surface area contributed by atoms with Crippen molar-refractivity contribution in [3.8, 4) is 0 Å². The van der Waals surface area contributed by atoms with E-state index < -0.39 is 42.4 Å². The Morgan fingerprint density at radius 2 is 1.79 bits per heavy atom. The van der Waals surface area contributed by atoms with Crippen LogP contribution >= 0.6 is 11.6 Å². The SMILES string of the molecule is CC(=O)OC[C@H]1O[C@@H](n2ncc3c(NC4CCCC4)cc(Cl)nc32)[C@H](OC(C)=O)[C@@H]1OC(C)=O. The number of aromatic nitrogens is 3. The van der Waals surface area contributed by atoms with E-state index in [1.54, 1.807) is 12.3 Å². The van der Waals surface area contributed by atoms with Crippen molar-refractivity contribution in [1.82, 2.24) is 14.8 Å². The fourth-order valence-electron chi connectivity index (χ4n) is 4.47. The number of nitrogens with zero attached hydrogens (tertiary/aromatic N) is 3. The Labute approximate surface area is 201 Å². The van der Waals surface area contributed by atoms with E-state index in [0.29, 0.717) is 17.1 Å². The van der Waals surface area contributed by atoms with Gasteiger partial charge in [-0.1, -0.05) is 24.4 Å². The van der Waals surface area contributed by atoms with Gasteiger partial charge in [-0.3, -0.25) is 14.4 Å². The van der Waals surface area contributed by atoms with Crippen molar-refractivity contribution in [2.75, 3.05) is 11.9 Å². The highest BCUT2D eigenvalue weighted by molar-refractivity contribution is 6.30. The number of pyridine rings is 1. The zero-order valence-corrected chi connectivity index (χ0v) is 19.9. The van der Waals surface area contributed by atoms with Gasteiger partial charge in [0.05, 0.1) is 17.3 Å². The third-order valence-electron chi connectivity index (χ3n) is 5.83. The number of carbonyl (C=O) groups excluding carboxylic acids is 3. The van der Waals surface area contributed by atoms with E-state index in [2.05, 4.69) is 15.4 Å². The van der Waals surface area contributed by atoms with Crippen LogP contribution in [0.15, 0.2) is 12.3 Å². The van der Waals surface area contributed by atoms with Gasteiger partial charge < -0.3 is 24.3 Å². The van der Waals surface area contributed by atoms with Gasteiger partial charge >= 0.3 is 17.9 Å². The average molecular weight is 495 g/mol. The number of nitrogens with one attached hydrogen (secondary N) is 1. The highest BCUT2D eigenvalue weighted by Gasteiger charge is 2.51. The predicted octanol–water partition coefficient (Wildman–Crippen LogP) is 2.76. The molecule has 2 aliphatic rings. The van der Waals surface area contributed by atoms with Crippen molar-refractivity contribution in [2.24, 2.45) is 0 Å². The van der Waals surface area contributed by atoms with Gasteiger partial charge in [0, 0.05) is 26.8 Å². The number of hydrogen-bond acceptors (Lipinski definition) is 10. The molecule has 2 aromatic rings. The first-order chi connectivity index (χ1) is 16.2. The number of fused-ring (bicyclic) bond motifs is 1. The number of halogens is 1. The van der Waals surface area contributed by atoms with Gasteiger partial charge in [-0.15, -0.1) is 0 Å². The summed E-state index contributed by atoms with van der Waals surface area (Å²) in [5.74, 6) is -1.73. The first-order valence-electron chi connectivity index (χ1n) is 11.2. The van der Waals surface area contributed by atoms with Crippen LogP contribution in [0, 0.1) is 0 Å². The third-order valence-corrected chi connectivity index (χ3v) is 6.03. The number of rotatable bonds is 7. The fraction of sp³-hybridized carbons (Fsp3) is 0.591. The minimum absolute atomic E-state index is 0.205. The van der Waals surface area contributed by atoms with E-state index in [1.165, 1.54) is 38.3 Å². The molecule has 4 rings (SSSR count). The Morgan fingerprint density at radius 3 is 2.44 bits per heavy atom. The summed E-state index contributed by atoms with van der Waals surface area (Å²) >= 11 is 6.33. The molecule has 1 aliphatic carbocycles. The molecule has 0 amide bonds. The van der Waals surface area contributed by atoms with Crippen molar-refractivity contribution >= 4 is 46.2 Å². The summed E-state index contributed by atoms with van der Waals surface area (Å²) in [4.78, 5) is 39.5. The van der Waals surface area contributed by atoms with Crippen molar-refractivity contribution in [3.05, 3.63) is 17.4 Å². The summed E-state index contributed by atoms with van der Waals surface area (Å²) in [5.41, 5.74) is 1.20. The average Bonchev–Trinajstić information content (AvgIpc) is 3.46. The number of ether oxygens (including phenoxy) is 4. The van der Waals surface area contributed by atoms with Gasteiger partial charge in [0.1, 0.15) is 17.9 Å². The molecule has 12 heteroatoms. The monoisotopic (exact) mass is 494 g/mol. The highest BCUT2D eigenvalue weighted by Crippen LogP contribution is 2.37. The van der Waals surface area contributed by atoms with Crippen molar-refractivity contribution in [3.63, 3.8) is 0 Å². The molecular formula is C22H27ClN4O7. The van der Waals surface area contributed by atoms with Crippen LogP contribution in [0.2, 0.25) is 5.15 Å². The molecule has 184 valence electrons. The predicted molar refractivity (Wildman–Crippen MR) is 120 cm³/mol. The van der Waals surface area contributed by atoms with Crippen LogP contribution in [-0.2, 0) is 33.3 Å². The summed E-state index contributed by atoms with van der Waals surface area (Å²) in [6, 6.07) is 2.08. The second kappa shape index (κ2) is 10.1. The second-order valence-corrected chi connectivity index (χ2v) is 8.85. The van der Waals surface area contributed by atoms with E-state index in [0.717, 1.165) is 18.5 Å². The molecular weight excluding hydrogens is 468 g/mol. The van der Waals surface area contributed by atoms with E-state index >= 15 is 0 Å². The minimum atomic E-state index is -1.06. The Balaban J connectivity index is 1.71. The second-order valence-electron chi connectivity index (χ2n) is 8.46. The molecule has 0 spiro atoms. The van der Waals surface area contributed by atoms with E-state index in [4.69, 9.17) is 30.5 Å². The molecule has 1 saturated carbocycles. The minimum Gasteiger partial charge on any atom is -0.463 e. The lowest BCUT2D eigenvalue weighted by Crippen LogP contribution is -2.40. The Hall–Kier alpha value is -2.92. The summed E-state index contributed by atoms with van der Waals surface area (Å²) in [6.07, 6.45) is 2.12. The summed E-state index contributed by atoms with van der Waals surface area (Å²) in [6.45, 7) is 3.51. The standard InChI is InChI=1S/C22H27ClN4O7/c1-11(28)31-10-17-19(32-12(2)29)20(33-13(3)30)22(34-17)27-21-15(9-24-27)16(8-18(23)26-21)25-14-6-4-5-7-14/h8-9,14,17,19-20,22H,4-7,10H2,1-3H3,(H,25,26)/t17-,19-,20-,22-/m1/s1. The molecule has 0 bridgehead atoms. The van der Waals surface area contributed by atoms with Gasteiger partial charge in [-0.25, -0.2) is 9.67 Å². The summed E-state index contributed by atoms with van der Waals surface area (Å²) in [5, 5.41) is 8.93. The van der Waals surface area contributed by atoms with Gasteiger partial charge in [0.15, 0.2) is 24.1 Å². The van der Waals surface area contributed by atoms with Crippen LogP contribution in [0.3, 0.4) is 0 Å². The number of esters is 3. The fourth-order valence-corrected chi connectivity index (χ4v) is 4.66.